The number of carbonyl (C=O) groups is 2. The van der Waals surface area contributed by atoms with Crippen LogP contribution in [0.4, 0.5) is 15.8 Å². The topological polar surface area (TPSA) is 89.8 Å². The first-order valence-corrected chi connectivity index (χ1v) is 10.4. The van der Waals surface area contributed by atoms with Crippen molar-refractivity contribution in [1.82, 2.24) is 0 Å². The third kappa shape index (κ3) is 3.96. The lowest BCUT2D eigenvalue weighted by Crippen LogP contribution is -2.19. The van der Waals surface area contributed by atoms with E-state index in [4.69, 9.17) is 25.5 Å². The number of fused-ring (bicyclic) bond motifs is 2. The van der Waals surface area contributed by atoms with Crippen molar-refractivity contribution in [3.8, 4) is 11.5 Å². The summed E-state index contributed by atoms with van der Waals surface area (Å²) >= 11 is 6.02. The van der Waals surface area contributed by atoms with Gasteiger partial charge >= 0.3 is 0 Å². The highest BCUT2D eigenvalue weighted by atomic mass is 35.5. The molecule has 1 aliphatic rings. The van der Waals surface area contributed by atoms with Gasteiger partial charge in [-0.2, -0.15) is 0 Å². The van der Waals surface area contributed by atoms with Crippen LogP contribution in [0.1, 0.15) is 20.9 Å². The van der Waals surface area contributed by atoms with Gasteiger partial charge in [-0.15, -0.1) is 0 Å². The number of anilines is 2. The molecule has 166 valence electrons. The molecular weight excluding hydrogens is 451 g/mol. The van der Waals surface area contributed by atoms with E-state index in [-0.39, 0.29) is 22.0 Å². The van der Waals surface area contributed by atoms with Crippen LogP contribution < -0.4 is 20.1 Å². The molecule has 0 atom stereocenters. The first-order valence-electron chi connectivity index (χ1n) is 9.99. The fraction of sp³-hybridized carbons (Fsp3) is 0.0833. The molecule has 2 heterocycles. The molecule has 1 aliphatic heterocycles. The predicted molar refractivity (Wildman–Crippen MR) is 121 cm³/mol. The van der Waals surface area contributed by atoms with E-state index in [0.717, 1.165) is 6.07 Å². The third-order valence-electron chi connectivity index (χ3n) is 5.03. The summed E-state index contributed by atoms with van der Waals surface area (Å²) in [5.74, 6) is -1.26. The Bertz CT molecular complexity index is 1380. The second-order valence-electron chi connectivity index (χ2n) is 7.17. The van der Waals surface area contributed by atoms with E-state index in [1.165, 1.54) is 12.1 Å². The van der Waals surface area contributed by atoms with Crippen molar-refractivity contribution in [2.24, 2.45) is 0 Å². The SMILES string of the molecule is O=C(Nc1ccc2c(c1)OCCO2)c1oc2ccccc2c1NC(=O)c1c(F)cccc1Cl. The average molecular weight is 467 g/mol. The Hall–Kier alpha value is -4.04. The summed E-state index contributed by atoms with van der Waals surface area (Å²) in [7, 11) is 0. The lowest BCUT2D eigenvalue weighted by molar-refractivity contribution is 0.0999. The number of furan rings is 1. The lowest BCUT2D eigenvalue weighted by atomic mass is 10.1. The molecule has 0 radical (unpaired) electrons. The molecule has 0 saturated carbocycles. The van der Waals surface area contributed by atoms with Crippen LogP contribution in [0.25, 0.3) is 11.0 Å². The molecule has 2 N–H and O–H groups in total. The predicted octanol–water partition coefficient (Wildman–Crippen LogP) is 5.50. The number of benzene rings is 3. The van der Waals surface area contributed by atoms with Crippen molar-refractivity contribution in [3.63, 3.8) is 0 Å². The molecule has 1 aromatic heterocycles. The molecule has 9 heteroatoms. The van der Waals surface area contributed by atoms with Gasteiger partial charge in [-0.25, -0.2) is 4.39 Å². The largest absolute Gasteiger partial charge is 0.486 e. The van der Waals surface area contributed by atoms with Crippen LogP contribution >= 0.6 is 11.6 Å². The van der Waals surface area contributed by atoms with Crippen LogP contribution in [0.3, 0.4) is 0 Å². The number of carbonyl (C=O) groups excluding carboxylic acids is 2. The molecule has 0 saturated heterocycles. The molecule has 3 aromatic carbocycles. The number of hydrogen-bond acceptors (Lipinski definition) is 5. The first-order chi connectivity index (χ1) is 16.0. The van der Waals surface area contributed by atoms with Crippen LogP contribution in [0.15, 0.2) is 65.1 Å². The van der Waals surface area contributed by atoms with Crippen molar-refractivity contribution in [2.45, 2.75) is 0 Å². The van der Waals surface area contributed by atoms with E-state index in [1.807, 2.05) is 0 Å². The van der Waals surface area contributed by atoms with Gasteiger partial charge in [0, 0.05) is 17.1 Å². The standard InChI is InChI=1S/C24H16ClFN2O5/c25-15-5-3-6-16(26)20(15)23(29)28-21-14-4-1-2-7-17(14)33-22(21)24(30)27-13-8-9-18-19(12-13)32-11-10-31-18/h1-9,12H,10-11H2,(H,27,30)(H,28,29). The minimum atomic E-state index is -0.807. The number of halogens is 2. The number of rotatable bonds is 4. The summed E-state index contributed by atoms with van der Waals surface area (Å²) in [4.78, 5) is 25.9. The van der Waals surface area contributed by atoms with E-state index in [0.29, 0.717) is 41.4 Å². The zero-order chi connectivity index (χ0) is 22.9. The fourth-order valence-corrected chi connectivity index (χ4v) is 3.78. The number of nitrogens with one attached hydrogen (secondary N) is 2. The fourth-order valence-electron chi connectivity index (χ4n) is 3.53. The molecule has 7 nitrogen and oxygen atoms in total. The smallest absolute Gasteiger partial charge is 0.293 e. The van der Waals surface area contributed by atoms with Crippen LogP contribution in [0.2, 0.25) is 5.02 Å². The summed E-state index contributed by atoms with van der Waals surface area (Å²) in [6.07, 6.45) is 0. The maximum atomic E-state index is 14.3. The van der Waals surface area contributed by atoms with Crippen LogP contribution in [-0.2, 0) is 0 Å². The Morgan fingerprint density at radius 1 is 0.879 bits per heavy atom. The van der Waals surface area contributed by atoms with Crippen molar-refractivity contribution in [1.29, 1.82) is 0 Å². The van der Waals surface area contributed by atoms with E-state index < -0.39 is 17.6 Å². The van der Waals surface area contributed by atoms with E-state index >= 15 is 0 Å². The Labute approximate surface area is 192 Å². The minimum Gasteiger partial charge on any atom is -0.486 e. The molecule has 0 bridgehead atoms. The number of hydrogen-bond donors (Lipinski definition) is 2. The third-order valence-corrected chi connectivity index (χ3v) is 5.35. The number of ether oxygens (including phenoxy) is 2. The zero-order valence-electron chi connectivity index (χ0n) is 17.0. The molecule has 0 fully saturated rings. The summed E-state index contributed by atoms with van der Waals surface area (Å²) in [5, 5.41) is 5.74. The molecule has 2 amide bonds. The van der Waals surface area contributed by atoms with Gasteiger partial charge in [-0.05, 0) is 36.4 Å². The van der Waals surface area contributed by atoms with E-state index in [2.05, 4.69) is 10.6 Å². The first kappa shape index (κ1) is 20.8. The van der Waals surface area contributed by atoms with Crippen LogP contribution in [0.5, 0.6) is 11.5 Å². The highest BCUT2D eigenvalue weighted by molar-refractivity contribution is 6.34. The van der Waals surface area contributed by atoms with E-state index in [9.17, 15) is 14.0 Å². The van der Waals surface area contributed by atoms with Gasteiger partial charge in [0.05, 0.1) is 10.6 Å². The number of para-hydroxylation sites is 1. The van der Waals surface area contributed by atoms with Gasteiger partial charge < -0.3 is 24.5 Å². The Kier molecular flexibility index (Phi) is 5.35. The molecule has 0 unspecified atom stereocenters. The van der Waals surface area contributed by atoms with Crippen molar-refractivity contribution in [2.75, 3.05) is 23.8 Å². The van der Waals surface area contributed by atoms with Gasteiger partial charge in [0.2, 0.25) is 5.76 Å². The Morgan fingerprint density at radius 3 is 2.48 bits per heavy atom. The van der Waals surface area contributed by atoms with Gasteiger partial charge in [0.1, 0.15) is 30.3 Å². The van der Waals surface area contributed by atoms with Gasteiger partial charge in [0.25, 0.3) is 11.8 Å². The lowest BCUT2D eigenvalue weighted by Gasteiger charge is -2.18. The second kappa shape index (κ2) is 8.48. The average Bonchev–Trinajstić information content (AvgIpc) is 3.17. The van der Waals surface area contributed by atoms with Gasteiger partial charge in [0.15, 0.2) is 11.5 Å². The normalized spacial score (nSPS) is 12.4. The zero-order valence-corrected chi connectivity index (χ0v) is 17.7. The maximum absolute atomic E-state index is 14.3. The molecule has 5 rings (SSSR count). The summed E-state index contributed by atoms with van der Waals surface area (Å²) < 4.78 is 31.0. The highest BCUT2D eigenvalue weighted by Gasteiger charge is 2.25. The summed E-state index contributed by atoms with van der Waals surface area (Å²) in [5.41, 5.74) is 0.589. The van der Waals surface area contributed by atoms with Crippen molar-refractivity contribution >= 4 is 45.8 Å². The van der Waals surface area contributed by atoms with Crippen LogP contribution in [0, 0.1) is 5.82 Å². The van der Waals surface area contributed by atoms with E-state index in [1.54, 1.807) is 42.5 Å². The molecule has 0 aliphatic carbocycles. The maximum Gasteiger partial charge on any atom is 0.293 e. The highest BCUT2D eigenvalue weighted by Crippen LogP contribution is 2.35. The van der Waals surface area contributed by atoms with Gasteiger partial charge in [-0.1, -0.05) is 29.8 Å². The molecule has 4 aromatic rings. The van der Waals surface area contributed by atoms with Crippen LogP contribution in [-0.4, -0.2) is 25.0 Å². The quantitative estimate of drug-likeness (QED) is 0.414. The second-order valence-corrected chi connectivity index (χ2v) is 7.57. The number of amides is 2. The van der Waals surface area contributed by atoms with Crippen molar-refractivity contribution in [3.05, 3.63) is 82.8 Å². The molecule has 0 spiro atoms. The molecule has 33 heavy (non-hydrogen) atoms. The summed E-state index contributed by atoms with van der Waals surface area (Å²) in [6.45, 7) is 0.857. The summed E-state index contributed by atoms with van der Waals surface area (Å²) in [6, 6.07) is 15.7. The minimum absolute atomic E-state index is 0.0532. The monoisotopic (exact) mass is 466 g/mol. The molecular formula is C24H16ClFN2O5. The Morgan fingerprint density at radius 2 is 1.67 bits per heavy atom. The Balaban J connectivity index is 1.49. The van der Waals surface area contributed by atoms with Crippen molar-refractivity contribution < 1.29 is 27.9 Å². The van der Waals surface area contributed by atoms with Gasteiger partial charge in [-0.3, -0.25) is 9.59 Å².